The van der Waals surface area contributed by atoms with Gasteiger partial charge in [0.05, 0.1) is 25.8 Å². The molecular weight excluding hydrogens is 402 g/mol. The monoisotopic (exact) mass is 435 g/mol. The maximum Gasteiger partial charge on any atom is 0.328 e. The largest absolute Gasteiger partial charge is 0.466 e. The zero-order chi connectivity index (χ0) is 23.1. The van der Waals surface area contributed by atoms with Crippen molar-refractivity contribution >= 4 is 23.8 Å². The Balaban J connectivity index is 2.52. The van der Waals surface area contributed by atoms with Crippen molar-refractivity contribution in [1.82, 2.24) is 10.6 Å². The lowest BCUT2D eigenvalue weighted by Crippen LogP contribution is -2.49. The van der Waals surface area contributed by atoms with E-state index in [-0.39, 0.29) is 26.0 Å². The van der Waals surface area contributed by atoms with Gasteiger partial charge in [0.1, 0.15) is 6.04 Å². The summed E-state index contributed by atoms with van der Waals surface area (Å²) in [6, 6.07) is 7.46. The van der Waals surface area contributed by atoms with Crippen molar-refractivity contribution in [3.8, 4) is 0 Å². The number of carbonyl (C=O) groups is 4. The normalized spacial score (nSPS) is 12.4. The van der Waals surface area contributed by atoms with Crippen LogP contribution in [0.3, 0.4) is 0 Å². The molecule has 0 spiro atoms. The van der Waals surface area contributed by atoms with E-state index in [4.69, 9.17) is 15.2 Å². The molecule has 1 aromatic carbocycles. The van der Waals surface area contributed by atoms with Crippen LogP contribution in [0.25, 0.3) is 0 Å². The second-order valence-electron chi connectivity index (χ2n) is 7.06. The number of ether oxygens (including phenoxy) is 2. The number of hydrogen-bond acceptors (Lipinski definition) is 7. The highest BCUT2D eigenvalue weighted by Crippen LogP contribution is 2.04. The van der Waals surface area contributed by atoms with Gasteiger partial charge < -0.3 is 25.8 Å². The molecule has 9 heteroatoms. The number of hydrogen-bond donors (Lipinski definition) is 3. The SMILES string of the molecule is CCCOC(=O)CCC(NC(=O)CNC(=O)C(N)Cc1ccccc1)C(=O)OCCC. The molecule has 0 aliphatic carbocycles. The highest BCUT2D eigenvalue weighted by molar-refractivity contribution is 5.90. The molecule has 0 fully saturated rings. The first-order chi connectivity index (χ1) is 14.9. The van der Waals surface area contributed by atoms with Gasteiger partial charge in [-0.2, -0.15) is 0 Å². The molecule has 9 nitrogen and oxygen atoms in total. The summed E-state index contributed by atoms with van der Waals surface area (Å²) in [4.78, 5) is 48.3. The third-order valence-corrected chi connectivity index (χ3v) is 4.23. The molecule has 2 unspecified atom stereocenters. The maximum absolute atomic E-state index is 12.2. The molecule has 0 radical (unpaired) electrons. The molecule has 0 bridgehead atoms. The fourth-order valence-corrected chi connectivity index (χ4v) is 2.61. The van der Waals surface area contributed by atoms with Gasteiger partial charge in [-0.05, 0) is 31.2 Å². The van der Waals surface area contributed by atoms with E-state index in [0.29, 0.717) is 25.9 Å². The zero-order valence-electron chi connectivity index (χ0n) is 18.2. The van der Waals surface area contributed by atoms with Crippen molar-refractivity contribution in [3.63, 3.8) is 0 Å². The molecule has 4 N–H and O–H groups in total. The molecule has 0 aromatic heterocycles. The third-order valence-electron chi connectivity index (χ3n) is 4.23. The van der Waals surface area contributed by atoms with Crippen LogP contribution in [-0.4, -0.2) is 55.6 Å². The molecule has 31 heavy (non-hydrogen) atoms. The number of amides is 2. The number of carbonyl (C=O) groups excluding carboxylic acids is 4. The predicted octanol–water partition coefficient (Wildman–Crippen LogP) is 0.844. The van der Waals surface area contributed by atoms with Gasteiger partial charge >= 0.3 is 11.9 Å². The Labute approximate surface area is 183 Å². The fourth-order valence-electron chi connectivity index (χ4n) is 2.61. The van der Waals surface area contributed by atoms with Crippen LogP contribution in [0, 0.1) is 0 Å². The van der Waals surface area contributed by atoms with Crippen LogP contribution >= 0.6 is 0 Å². The van der Waals surface area contributed by atoms with Crippen LogP contribution in [0.5, 0.6) is 0 Å². The zero-order valence-corrected chi connectivity index (χ0v) is 18.2. The minimum absolute atomic E-state index is 0.0400. The van der Waals surface area contributed by atoms with Crippen LogP contribution < -0.4 is 16.4 Å². The Kier molecular flexibility index (Phi) is 12.6. The van der Waals surface area contributed by atoms with Crippen LogP contribution in [0.2, 0.25) is 0 Å². The van der Waals surface area contributed by atoms with Gasteiger partial charge in [-0.1, -0.05) is 44.2 Å². The molecule has 0 aliphatic rings. The lowest BCUT2D eigenvalue weighted by molar-refractivity contribution is -0.149. The second-order valence-corrected chi connectivity index (χ2v) is 7.06. The standard InChI is InChI=1S/C22H33N3O6/c1-3-12-30-20(27)11-10-18(22(29)31-13-4-2)25-19(26)15-24-21(28)17(23)14-16-8-6-5-7-9-16/h5-9,17-18H,3-4,10-15,23H2,1-2H3,(H,24,28)(H,25,26). The Morgan fingerprint density at radius 2 is 1.65 bits per heavy atom. The van der Waals surface area contributed by atoms with E-state index < -0.39 is 35.8 Å². The summed E-state index contributed by atoms with van der Waals surface area (Å²) >= 11 is 0. The highest BCUT2D eigenvalue weighted by Gasteiger charge is 2.24. The van der Waals surface area contributed by atoms with Crippen LogP contribution in [0.4, 0.5) is 0 Å². The minimum Gasteiger partial charge on any atom is -0.466 e. The molecule has 0 saturated heterocycles. The Morgan fingerprint density at radius 3 is 2.29 bits per heavy atom. The van der Waals surface area contributed by atoms with E-state index in [2.05, 4.69) is 10.6 Å². The lowest BCUT2D eigenvalue weighted by atomic mass is 10.1. The van der Waals surface area contributed by atoms with Gasteiger partial charge in [-0.15, -0.1) is 0 Å². The number of esters is 2. The Bertz CT molecular complexity index is 710. The van der Waals surface area contributed by atoms with Gasteiger partial charge in [-0.3, -0.25) is 14.4 Å². The molecule has 1 rings (SSSR count). The molecular formula is C22H33N3O6. The minimum atomic E-state index is -1.01. The average Bonchev–Trinajstić information content (AvgIpc) is 2.77. The first-order valence-electron chi connectivity index (χ1n) is 10.6. The Hall–Kier alpha value is -2.94. The Morgan fingerprint density at radius 1 is 1.00 bits per heavy atom. The van der Waals surface area contributed by atoms with E-state index in [1.807, 2.05) is 44.2 Å². The van der Waals surface area contributed by atoms with Gasteiger partial charge in [0.2, 0.25) is 11.8 Å². The number of nitrogens with one attached hydrogen (secondary N) is 2. The number of benzene rings is 1. The summed E-state index contributed by atoms with van der Waals surface area (Å²) in [5.41, 5.74) is 6.80. The van der Waals surface area contributed by atoms with Gasteiger partial charge in [0, 0.05) is 6.42 Å². The van der Waals surface area contributed by atoms with E-state index in [9.17, 15) is 19.2 Å². The van der Waals surface area contributed by atoms with Gasteiger partial charge in [0.15, 0.2) is 0 Å². The molecule has 2 amide bonds. The van der Waals surface area contributed by atoms with E-state index in [1.54, 1.807) is 0 Å². The van der Waals surface area contributed by atoms with Gasteiger partial charge in [-0.25, -0.2) is 4.79 Å². The average molecular weight is 436 g/mol. The number of nitrogens with two attached hydrogens (primary N) is 1. The molecule has 0 saturated carbocycles. The molecule has 2 atom stereocenters. The first-order valence-corrected chi connectivity index (χ1v) is 10.6. The molecule has 172 valence electrons. The van der Waals surface area contributed by atoms with Crippen molar-refractivity contribution in [3.05, 3.63) is 35.9 Å². The first kappa shape index (κ1) is 26.1. The predicted molar refractivity (Wildman–Crippen MR) is 115 cm³/mol. The van der Waals surface area contributed by atoms with E-state index in [1.165, 1.54) is 0 Å². The summed E-state index contributed by atoms with van der Waals surface area (Å²) in [6.07, 6.45) is 1.65. The summed E-state index contributed by atoms with van der Waals surface area (Å²) in [6.45, 7) is 3.87. The summed E-state index contributed by atoms with van der Waals surface area (Å²) in [5.74, 6) is -2.15. The van der Waals surface area contributed by atoms with Gasteiger partial charge in [0.25, 0.3) is 0 Å². The van der Waals surface area contributed by atoms with E-state index >= 15 is 0 Å². The lowest BCUT2D eigenvalue weighted by Gasteiger charge is -2.18. The summed E-state index contributed by atoms with van der Waals surface area (Å²) in [7, 11) is 0. The van der Waals surface area contributed by atoms with E-state index in [0.717, 1.165) is 5.56 Å². The third kappa shape index (κ3) is 11.1. The second kappa shape index (κ2) is 15.0. The summed E-state index contributed by atoms with van der Waals surface area (Å²) in [5, 5.41) is 4.97. The van der Waals surface area contributed by atoms with Crippen molar-refractivity contribution in [1.29, 1.82) is 0 Å². The van der Waals surface area contributed by atoms with Crippen molar-refractivity contribution in [2.45, 2.75) is 58.0 Å². The topological polar surface area (TPSA) is 137 Å². The van der Waals surface area contributed by atoms with Crippen molar-refractivity contribution in [2.24, 2.45) is 5.73 Å². The number of rotatable bonds is 14. The summed E-state index contributed by atoms with van der Waals surface area (Å²) < 4.78 is 10.1. The molecule has 1 aromatic rings. The maximum atomic E-state index is 12.2. The quantitative estimate of drug-likeness (QED) is 0.368. The molecule has 0 heterocycles. The highest BCUT2D eigenvalue weighted by atomic mass is 16.5. The molecule has 0 aliphatic heterocycles. The smallest absolute Gasteiger partial charge is 0.328 e. The van der Waals surface area contributed by atoms with Crippen LogP contribution in [0.15, 0.2) is 30.3 Å². The van der Waals surface area contributed by atoms with Crippen molar-refractivity contribution < 1.29 is 28.7 Å². The van der Waals surface area contributed by atoms with Crippen LogP contribution in [-0.2, 0) is 35.1 Å². The fraction of sp³-hybridized carbons (Fsp3) is 0.545. The van der Waals surface area contributed by atoms with Crippen molar-refractivity contribution in [2.75, 3.05) is 19.8 Å². The van der Waals surface area contributed by atoms with Crippen LogP contribution in [0.1, 0.15) is 45.1 Å².